The van der Waals surface area contributed by atoms with Crippen LogP contribution in [0, 0.1) is 0 Å². The molecular formula is C11H15NO. The van der Waals surface area contributed by atoms with Crippen molar-refractivity contribution in [3.8, 4) is 0 Å². The van der Waals surface area contributed by atoms with Gasteiger partial charge in [-0.2, -0.15) is 0 Å². The van der Waals surface area contributed by atoms with E-state index in [4.69, 9.17) is 10.5 Å². The van der Waals surface area contributed by atoms with Gasteiger partial charge in [-0.15, -0.1) is 0 Å². The molecule has 2 rings (SSSR count). The molecule has 2 nitrogen and oxygen atoms in total. The molecule has 0 bridgehead atoms. The molecule has 1 aliphatic heterocycles. The SMILES string of the molecule is CC[C@H]1OCc2ccccc2[C@H]1N. The van der Waals surface area contributed by atoms with Crippen molar-refractivity contribution in [2.24, 2.45) is 5.73 Å². The predicted molar refractivity (Wildman–Crippen MR) is 52.2 cm³/mol. The van der Waals surface area contributed by atoms with Crippen LogP contribution in [0.15, 0.2) is 24.3 Å². The highest BCUT2D eigenvalue weighted by Crippen LogP contribution is 2.28. The molecule has 0 aliphatic carbocycles. The van der Waals surface area contributed by atoms with Crippen molar-refractivity contribution >= 4 is 0 Å². The molecule has 2 N–H and O–H groups in total. The van der Waals surface area contributed by atoms with Crippen LogP contribution < -0.4 is 5.73 Å². The highest BCUT2D eigenvalue weighted by Gasteiger charge is 2.25. The third kappa shape index (κ3) is 1.47. The van der Waals surface area contributed by atoms with Crippen LogP contribution in [-0.4, -0.2) is 6.10 Å². The molecule has 2 heteroatoms. The highest BCUT2D eigenvalue weighted by molar-refractivity contribution is 5.31. The van der Waals surface area contributed by atoms with Gasteiger partial charge in [-0.25, -0.2) is 0 Å². The monoisotopic (exact) mass is 177 g/mol. The van der Waals surface area contributed by atoms with E-state index >= 15 is 0 Å². The number of hydrogen-bond donors (Lipinski definition) is 1. The summed E-state index contributed by atoms with van der Waals surface area (Å²) < 4.78 is 5.64. The van der Waals surface area contributed by atoms with Gasteiger partial charge in [-0.1, -0.05) is 31.2 Å². The second-order valence-corrected chi connectivity index (χ2v) is 3.48. The molecule has 1 aromatic rings. The van der Waals surface area contributed by atoms with Gasteiger partial charge in [0.25, 0.3) is 0 Å². The molecule has 0 amide bonds. The van der Waals surface area contributed by atoms with E-state index < -0.39 is 0 Å². The van der Waals surface area contributed by atoms with Gasteiger partial charge in [-0.3, -0.25) is 0 Å². The van der Waals surface area contributed by atoms with Crippen LogP contribution in [0.4, 0.5) is 0 Å². The molecule has 0 radical (unpaired) electrons. The molecule has 0 saturated heterocycles. The summed E-state index contributed by atoms with van der Waals surface area (Å²) in [5, 5.41) is 0. The Labute approximate surface area is 78.7 Å². The smallest absolute Gasteiger partial charge is 0.0769 e. The largest absolute Gasteiger partial charge is 0.372 e. The quantitative estimate of drug-likeness (QED) is 0.712. The Hall–Kier alpha value is -0.860. The summed E-state index contributed by atoms with van der Waals surface area (Å²) in [4.78, 5) is 0. The molecule has 1 aromatic carbocycles. The average molecular weight is 177 g/mol. The second kappa shape index (κ2) is 3.48. The van der Waals surface area contributed by atoms with Crippen LogP contribution in [-0.2, 0) is 11.3 Å². The Bertz CT molecular complexity index is 298. The van der Waals surface area contributed by atoms with E-state index in [0.29, 0.717) is 6.61 Å². The van der Waals surface area contributed by atoms with Crippen LogP contribution in [0.3, 0.4) is 0 Å². The van der Waals surface area contributed by atoms with Gasteiger partial charge in [0.1, 0.15) is 0 Å². The first-order chi connectivity index (χ1) is 6.33. The van der Waals surface area contributed by atoms with E-state index in [1.165, 1.54) is 11.1 Å². The number of fused-ring (bicyclic) bond motifs is 1. The van der Waals surface area contributed by atoms with E-state index in [9.17, 15) is 0 Å². The number of rotatable bonds is 1. The maximum atomic E-state index is 6.08. The van der Waals surface area contributed by atoms with Crippen molar-refractivity contribution in [3.05, 3.63) is 35.4 Å². The summed E-state index contributed by atoms with van der Waals surface area (Å²) in [5.74, 6) is 0. The molecule has 1 aliphatic rings. The number of nitrogens with two attached hydrogens (primary N) is 1. The van der Waals surface area contributed by atoms with Crippen molar-refractivity contribution in [3.63, 3.8) is 0 Å². The van der Waals surface area contributed by atoms with Gasteiger partial charge in [0.2, 0.25) is 0 Å². The first kappa shape index (κ1) is 8.73. The summed E-state index contributed by atoms with van der Waals surface area (Å²) in [6, 6.07) is 8.31. The fourth-order valence-corrected chi connectivity index (χ4v) is 1.86. The minimum absolute atomic E-state index is 0.0509. The lowest BCUT2D eigenvalue weighted by atomic mass is 9.93. The Balaban J connectivity index is 2.33. The molecule has 0 spiro atoms. The topological polar surface area (TPSA) is 35.2 Å². The van der Waals surface area contributed by atoms with Crippen LogP contribution in [0.25, 0.3) is 0 Å². The lowest BCUT2D eigenvalue weighted by Gasteiger charge is -2.30. The van der Waals surface area contributed by atoms with E-state index in [-0.39, 0.29) is 12.1 Å². The predicted octanol–water partition coefficient (Wildman–Crippen LogP) is 2.00. The maximum Gasteiger partial charge on any atom is 0.0769 e. The Kier molecular flexibility index (Phi) is 2.34. The minimum atomic E-state index is 0.0509. The van der Waals surface area contributed by atoms with Gasteiger partial charge in [0.15, 0.2) is 0 Å². The van der Waals surface area contributed by atoms with Gasteiger partial charge in [0.05, 0.1) is 18.8 Å². The maximum absolute atomic E-state index is 6.08. The average Bonchev–Trinajstić information content (AvgIpc) is 2.19. The summed E-state index contributed by atoms with van der Waals surface area (Å²) in [6.07, 6.45) is 1.17. The summed E-state index contributed by atoms with van der Waals surface area (Å²) in [6.45, 7) is 2.82. The molecular weight excluding hydrogens is 162 g/mol. The third-order valence-corrected chi connectivity index (χ3v) is 2.67. The Morgan fingerprint density at radius 1 is 1.46 bits per heavy atom. The first-order valence-corrected chi connectivity index (χ1v) is 4.78. The lowest BCUT2D eigenvalue weighted by Crippen LogP contribution is -2.33. The van der Waals surface area contributed by atoms with E-state index in [0.717, 1.165) is 6.42 Å². The van der Waals surface area contributed by atoms with Crippen molar-refractivity contribution in [2.75, 3.05) is 0 Å². The Morgan fingerprint density at radius 2 is 2.23 bits per heavy atom. The highest BCUT2D eigenvalue weighted by atomic mass is 16.5. The molecule has 0 fully saturated rings. The molecule has 13 heavy (non-hydrogen) atoms. The fraction of sp³-hybridized carbons (Fsp3) is 0.455. The number of benzene rings is 1. The second-order valence-electron chi connectivity index (χ2n) is 3.48. The standard InChI is InChI=1S/C11H15NO/c1-2-10-11(12)9-6-4-3-5-8(9)7-13-10/h3-6,10-11H,2,7,12H2,1H3/t10-,11-/m1/s1. The molecule has 2 atom stereocenters. The zero-order valence-corrected chi connectivity index (χ0v) is 7.86. The summed E-state index contributed by atoms with van der Waals surface area (Å²) in [5.41, 5.74) is 8.56. The molecule has 1 heterocycles. The van der Waals surface area contributed by atoms with Crippen molar-refractivity contribution in [1.29, 1.82) is 0 Å². The van der Waals surface area contributed by atoms with Crippen molar-refractivity contribution in [1.82, 2.24) is 0 Å². The number of hydrogen-bond acceptors (Lipinski definition) is 2. The van der Waals surface area contributed by atoms with Crippen LogP contribution in [0.2, 0.25) is 0 Å². The third-order valence-electron chi connectivity index (χ3n) is 2.67. The van der Waals surface area contributed by atoms with E-state index in [2.05, 4.69) is 19.1 Å². The van der Waals surface area contributed by atoms with Crippen molar-refractivity contribution in [2.45, 2.75) is 32.1 Å². The van der Waals surface area contributed by atoms with E-state index in [1.807, 2.05) is 12.1 Å². The minimum Gasteiger partial charge on any atom is -0.372 e. The van der Waals surface area contributed by atoms with Crippen LogP contribution in [0.5, 0.6) is 0 Å². The zero-order valence-electron chi connectivity index (χ0n) is 7.86. The van der Waals surface area contributed by atoms with Crippen molar-refractivity contribution < 1.29 is 4.74 Å². The lowest BCUT2D eigenvalue weighted by molar-refractivity contribution is 0.00680. The summed E-state index contributed by atoms with van der Waals surface area (Å²) >= 11 is 0. The first-order valence-electron chi connectivity index (χ1n) is 4.78. The van der Waals surface area contributed by atoms with Gasteiger partial charge < -0.3 is 10.5 Å². The van der Waals surface area contributed by atoms with Gasteiger partial charge >= 0.3 is 0 Å². The molecule has 0 unspecified atom stereocenters. The van der Waals surface area contributed by atoms with Gasteiger partial charge in [-0.05, 0) is 17.5 Å². The van der Waals surface area contributed by atoms with Gasteiger partial charge in [0, 0.05) is 0 Å². The number of ether oxygens (including phenoxy) is 1. The zero-order chi connectivity index (χ0) is 9.26. The summed E-state index contributed by atoms with van der Waals surface area (Å²) in [7, 11) is 0. The molecule has 0 saturated carbocycles. The van der Waals surface area contributed by atoms with Crippen LogP contribution >= 0.6 is 0 Å². The molecule has 70 valence electrons. The fourth-order valence-electron chi connectivity index (χ4n) is 1.86. The normalized spacial score (nSPS) is 26.9. The molecule has 0 aromatic heterocycles. The van der Waals surface area contributed by atoms with Crippen LogP contribution in [0.1, 0.15) is 30.5 Å². The van der Waals surface area contributed by atoms with E-state index in [1.54, 1.807) is 0 Å². The Morgan fingerprint density at radius 3 is 3.00 bits per heavy atom.